The van der Waals surface area contributed by atoms with Crippen LogP contribution in [0.15, 0.2) is 24.5 Å². The molecule has 3 aliphatic rings. The van der Waals surface area contributed by atoms with Gasteiger partial charge in [-0.3, -0.25) is 19.4 Å². The van der Waals surface area contributed by atoms with Crippen molar-refractivity contribution >= 4 is 17.8 Å². The highest BCUT2D eigenvalue weighted by molar-refractivity contribution is 5.93. The van der Waals surface area contributed by atoms with Gasteiger partial charge in [0.25, 0.3) is 5.91 Å². The summed E-state index contributed by atoms with van der Waals surface area (Å²) in [6, 6.07) is 3.60. The number of carbonyl (C=O) groups is 3. The second-order valence-electron chi connectivity index (χ2n) is 8.44. The van der Waals surface area contributed by atoms with Crippen LogP contribution in [0.1, 0.15) is 42.5 Å². The fourth-order valence-corrected chi connectivity index (χ4v) is 5.37. The van der Waals surface area contributed by atoms with Crippen molar-refractivity contribution in [1.29, 1.82) is 0 Å². The number of fused-ring (bicyclic) bond motifs is 4. The number of nitrogens with one attached hydrogen (secondary N) is 1. The van der Waals surface area contributed by atoms with Gasteiger partial charge in [0.2, 0.25) is 5.91 Å². The third-order valence-corrected chi connectivity index (χ3v) is 6.61. The number of aliphatic carboxylic acids is 1. The first-order valence-corrected chi connectivity index (χ1v) is 10.5. The Labute approximate surface area is 170 Å². The standard InChI is InChI=1S/C21H28N4O4/c26-19-5-1-4-17-15-9-16(13-24(12-15)8-6-20(27)28)18(25(17)19)11-23-21(29)14-3-2-7-22-10-14/h2-3,7,10,15-18H,1,4-6,8-9,11-13H2,(H,23,29)(H,27,28)/t15-,16+,17+,18+/m1/s1. The lowest BCUT2D eigenvalue weighted by atomic mass is 9.72. The molecule has 0 spiro atoms. The fraction of sp³-hybridized carbons (Fsp3) is 0.619. The summed E-state index contributed by atoms with van der Waals surface area (Å²) in [4.78, 5) is 44.6. The maximum Gasteiger partial charge on any atom is 0.304 e. The third-order valence-electron chi connectivity index (χ3n) is 6.61. The summed E-state index contributed by atoms with van der Waals surface area (Å²) in [5.41, 5.74) is 0.509. The summed E-state index contributed by atoms with van der Waals surface area (Å²) in [5, 5.41) is 12.0. The first-order valence-electron chi connectivity index (χ1n) is 10.5. The second kappa shape index (κ2) is 8.49. The number of rotatable bonds is 6. The van der Waals surface area contributed by atoms with Crippen molar-refractivity contribution in [3.63, 3.8) is 0 Å². The first-order chi connectivity index (χ1) is 14.0. The molecule has 1 aromatic heterocycles. The molecule has 29 heavy (non-hydrogen) atoms. The van der Waals surface area contributed by atoms with E-state index in [1.54, 1.807) is 18.3 Å². The van der Waals surface area contributed by atoms with Crippen LogP contribution in [0, 0.1) is 11.8 Å². The van der Waals surface area contributed by atoms with Gasteiger partial charge in [-0.05, 0) is 43.2 Å². The zero-order chi connectivity index (χ0) is 20.4. The van der Waals surface area contributed by atoms with Gasteiger partial charge in [0.05, 0.1) is 18.0 Å². The number of carbonyl (C=O) groups excluding carboxylic acids is 2. The summed E-state index contributed by atoms with van der Waals surface area (Å²) in [6.07, 6.45) is 6.80. The number of amides is 2. The number of pyridine rings is 1. The van der Waals surface area contributed by atoms with Crippen LogP contribution in [0.5, 0.6) is 0 Å². The van der Waals surface area contributed by atoms with Crippen LogP contribution in [0.25, 0.3) is 0 Å². The maximum absolute atomic E-state index is 12.8. The molecule has 4 rings (SSSR count). The van der Waals surface area contributed by atoms with Crippen molar-refractivity contribution in [2.45, 2.75) is 44.2 Å². The van der Waals surface area contributed by atoms with Gasteiger partial charge >= 0.3 is 5.97 Å². The topological polar surface area (TPSA) is 103 Å². The number of nitrogens with zero attached hydrogens (tertiary/aromatic N) is 3. The zero-order valence-corrected chi connectivity index (χ0v) is 16.5. The largest absolute Gasteiger partial charge is 0.481 e. The molecule has 4 heterocycles. The first kappa shape index (κ1) is 19.8. The quantitative estimate of drug-likeness (QED) is 0.738. The monoisotopic (exact) mass is 400 g/mol. The lowest BCUT2D eigenvalue weighted by Crippen LogP contribution is -2.67. The SMILES string of the molecule is O=C(O)CCN1C[C@H]2C[C@@H](C1)[C@H](CNC(=O)c1cccnc1)N1C(=O)CCC[C@@H]21. The predicted molar refractivity (Wildman–Crippen MR) is 105 cm³/mol. The van der Waals surface area contributed by atoms with Crippen LogP contribution in [-0.4, -0.2) is 75.9 Å². The van der Waals surface area contributed by atoms with Gasteiger partial charge in [-0.1, -0.05) is 0 Å². The molecule has 2 amide bonds. The second-order valence-corrected chi connectivity index (χ2v) is 8.44. The average Bonchev–Trinajstić information content (AvgIpc) is 2.73. The van der Waals surface area contributed by atoms with Gasteiger partial charge in [0, 0.05) is 51.0 Å². The van der Waals surface area contributed by atoms with Crippen LogP contribution in [0.2, 0.25) is 0 Å². The van der Waals surface area contributed by atoms with Crippen molar-refractivity contribution < 1.29 is 19.5 Å². The smallest absolute Gasteiger partial charge is 0.304 e. The van der Waals surface area contributed by atoms with E-state index in [-0.39, 0.29) is 36.2 Å². The van der Waals surface area contributed by atoms with Gasteiger partial charge in [0.1, 0.15) is 0 Å². The van der Waals surface area contributed by atoms with Crippen LogP contribution in [0.3, 0.4) is 0 Å². The third kappa shape index (κ3) is 4.27. The molecule has 8 nitrogen and oxygen atoms in total. The number of piperidine rings is 3. The molecule has 2 N–H and O–H groups in total. The van der Waals surface area contributed by atoms with Crippen LogP contribution < -0.4 is 5.32 Å². The Balaban J connectivity index is 1.49. The molecule has 3 fully saturated rings. The van der Waals surface area contributed by atoms with Gasteiger partial charge in [-0.2, -0.15) is 0 Å². The molecule has 3 aliphatic heterocycles. The molecule has 0 radical (unpaired) electrons. The van der Waals surface area contributed by atoms with E-state index in [0.717, 1.165) is 32.4 Å². The highest BCUT2D eigenvalue weighted by atomic mass is 16.4. The molecule has 156 valence electrons. The Bertz CT molecular complexity index is 771. The number of likely N-dealkylation sites (tertiary alicyclic amines) is 1. The van der Waals surface area contributed by atoms with Crippen molar-refractivity contribution in [2.75, 3.05) is 26.2 Å². The molecule has 2 bridgehead atoms. The van der Waals surface area contributed by atoms with Crippen molar-refractivity contribution in [3.8, 4) is 0 Å². The number of aromatic nitrogens is 1. The Hall–Kier alpha value is -2.48. The Kier molecular flexibility index (Phi) is 5.80. The van der Waals surface area contributed by atoms with Crippen molar-refractivity contribution in [3.05, 3.63) is 30.1 Å². The molecular weight excluding hydrogens is 372 g/mol. The molecule has 1 aromatic rings. The zero-order valence-electron chi connectivity index (χ0n) is 16.5. The molecule has 8 heteroatoms. The van der Waals surface area contributed by atoms with Gasteiger partial charge in [-0.25, -0.2) is 0 Å². The fourth-order valence-electron chi connectivity index (χ4n) is 5.37. The molecule has 4 atom stereocenters. The number of carboxylic acids is 1. The molecule has 0 aliphatic carbocycles. The molecule has 0 unspecified atom stereocenters. The lowest BCUT2D eigenvalue weighted by Gasteiger charge is -2.56. The summed E-state index contributed by atoms with van der Waals surface area (Å²) >= 11 is 0. The van der Waals surface area contributed by atoms with Gasteiger partial charge in [-0.15, -0.1) is 0 Å². The van der Waals surface area contributed by atoms with E-state index in [2.05, 4.69) is 20.1 Å². The molecule has 0 saturated carbocycles. The highest BCUT2D eigenvalue weighted by Gasteiger charge is 2.49. The van der Waals surface area contributed by atoms with E-state index in [0.29, 0.717) is 31.0 Å². The minimum atomic E-state index is -0.782. The van der Waals surface area contributed by atoms with Gasteiger partial charge < -0.3 is 20.2 Å². The van der Waals surface area contributed by atoms with Crippen LogP contribution >= 0.6 is 0 Å². The minimum absolute atomic E-state index is 0.0442. The molecule has 3 saturated heterocycles. The predicted octanol–water partition coefficient (Wildman–Crippen LogP) is 0.988. The summed E-state index contributed by atoms with van der Waals surface area (Å²) < 4.78 is 0. The van der Waals surface area contributed by atoms with Crippen molar-refractivity contribution in [2.24, 2.45) is 11.8 Å². The summed E-state index contributed by atoms with van der Waals surface area (Å²) in [5.74, 6) is -0.141. The van der Waals surface area contributed by atoms with E-state index in [4.69, 9.17) is 5.11 Å². The lowest BCUT2D eigenvalue weighted by molar-refractivity contribution is -0.152. The van der Waals surface area contributed by atoms with E-state index >= 15 is 0 Å². The number of hydrogen-bond donors (Lipinski definition) is 2. The average molecular weight is 400 g/mol. The molecule has 0 aromatic carbocycles. The van der Waals surface area contributed by atoms with E-state index in [1.165, 1.54) is 6.20 Å². The minimum Gasteiger partial charge on any atom is -0.481 e. The number of carboxylic acid groups (broad SMARTS) is 1. The van der Waals surface area contributed by atoms with Crippen LogP contribution in [0.4, 0.5) is 0 Å². The Morgan fingerprint density at radius 2 is 2.10 bits per heavy atom. The summed E-state index contributed by atoms with van der Waals surface area (Å²) in [6.45, 7) is 2.58. The van der Waals surface area contributed by atoms with Crippen molar-refractivity contribution in [1.82, 2.24) is 20.1 Å². The Morgan fingerprint density at radius 3 is 2.86 bits per heavy atom. The highest BCUT2D eigenvalue weighted by Crippen LogP contribution is 2.41. The normalized spacial score (nSPS) is 29.2. The number of hydrogen-bond acceptors (Lipinski definition) is 5. The van der Waals surface area contributed by atoms with E-state index in [9.17, 15) is 14.4 Å². The van der Waals surface area contributed by atoms with E-state index < -0.39 is 5.97 Å². The maximum atomic E-state index is 12.8. The van der Waals surface area contributed by atoms with E-state index in [1.807, 2.05) is 0 Å². The molecular formula is C21H28N4O4. The summed E-state index contributed by atoms with van der Waals surface area (Å²) in [7, 11) is 0. The van der Waals surface area contributed by atoms with Crippen LogP contribution in [-0.2, 0) is 9.59 Å². The van der Waals surface area contributed by atoms with Gasteiger partial charge in [0.15, 0.2) is 0 Å². The Morgan fingerprint density at radius 1 is 1.28 bits per heavy atom.